The van der Waals surface area contributed by atoms with E-state index in [0.29, 0.717) is 12.8 Å². The van der Waals surface area contributed by atoms with Gasteiger partial charge in [0.2, 0.25) is 0 Å². The fourth-order valence-electron chi connectivity index (χ4n) is 5.02. The van der Waals surface area contributed by atoms with Gasteiger partial charge < -0.3 is 20.1 Å². The summed E-state index contributed by atoms with van der Waals surface area (Å²) in [5.74, 6) is -0.942. The quantitative estimate of drug-likeness (QED) is 0.0274. The third-order valence-corrected chi connectivity index (χ3v) is 9.06. The molecule has 0 aliphatic rings. The Labute approximate surface area is 322 Å². The fraction of sp³-hybridized carbons (Fsp3) is 0.674. The van der Waals surface area contributed by atoms with E-state index in [0.717, 1.165) is 64.2 Å². The number of hydrogen-bond acceptors (Lipinski definition) is 8. The van der Waals surface area contributed by atoms with Crippen LogP contribution in [0.3, 0.4) is 0 Å². The highest BCUT2D eigenvalue weighted by atomic mass is 31.2. The summed E-state index contributed by atoms with van der Waals surface area (Å²) in [6.45, 7) is 3.57. The molecule has 0 rings (SSSR count). The van der Waals surface area contributed by atoms with E-state index in [1.165, 1.54) is 51.4 Å². The zero-order chi connectivity index (χ0) is 38.9. The van der Waals surface area contributed by atoms with Crippen molar-refractivity contribution in [2.24, 2.45) is 5.73 Å². The van der Waals surface area contributed by atoms with E-state index in [4.69, 9.17) is 24.3 Å². The maximum Gasteiger partial charge on any atom is 0.472 e. The van der Waals surface area contributed by atoms with Gasteiger partial charge in [-0.15, -0.1) is 0 Å². The molecule has 2 atom stereocenters. The Bertz CT molecular complexity index is 1100. The second kappa shape index (κ2) is 39.2. The molecule has 0 saturated heterocycles. The molecule has 304 valence electrons. The lowest BCUT2D eigenvalue weighted by atomic mass is 10.1. The number of phosphoric ester groups is 1. The van der Waals surface area contributed by atoms with Crippen LogP contribution in [0, 0.1) is 0 Å². The normalized spacial score (nSPS) is 14.1. The molecular weight excluding hydrogens is 689 g/mol. The highest BCUT2D eigenvalue weighted by molar-refractivity contribution is 7.47. The van der Waals surface area contributed by atoms with Crippen LogP contribution in [0.5, 0.6) is 0 Å². The number of nitrogens with two attached hydrogens (primary N) is 1. The summed E-state index contributed by atoms with van der Waals surface area (Å²) in [6.07, 6.45) is 46.6. The third kappa shape index (κ3) is 39.0. The first kappa shape index (κ1) is 50.5. The highest BCUT2D eigenvalue weighted by Crippen LogP contribution is 2.43. The van der Waals surface area contributed by atoms with Crippen molar-refractivity contribution in [1.82, 2.24) is 0 Å². The maximum atomic E-state index is 12.5. The molecule has 0 bridgehead atoms. The van der Waals surface area contributed by atoms with Gasteiger partial charge in [-0.2, -0.15) is 0 Å². The number of phosphoric acid groups is 1. The number of carbonyl (C=O) groups is 2. The van der Waals surface area contributed by atoms with E-state index in [2.05, 4.69) is 74.6 Å². The molecule has 53 heavy (non-hydrogen) atoms. The minimum Gasteiger partial charge on any atom is -0.462 e. The number of allylic oxidation sites excluding steroid dienone is 12. The summed E-state index contributed by atoms with van der Waals surface area (Å²) in [4.78, 5) is 34.7. The van der Waals surface area contributed by atoms with E-state index >= 15 is 0 Å². The highest BCUT2D eigenvalue weighted by Gasteiger charge is 2.25. The van der Waals surface area contributed by atoms with Crippen molar-refractivity contribution in [3.05, 3.63) is 72.9 Å². The summed E-state index contributed by atoms with van der Waals surface area (Å²) in [5.41, 5.74) is 5.33. The van der Waals surface area contributed by atoms with Gasteiger partial charge in [-0.05, 0) is 77.0 Å². The van der Waals surface area contributed by atoms with Crippen LogP contribution in [-0.4, -0.2) is 49.3 Å². The molecule has 0 aromatic carbocycles. The molecule has 0 spiro atoms. The zero-order valence-corrected chi connectivity index (χ0v) is 34.1. The molecule has 3 N–H and O–H groups in total. The topological polar surface area (TPSA) is 134 Å². The standard InChI is InChI=1S/C43H74NO8P/c1-3-5-7-9-11-13-15-17-18-19-20-21-22-24-25-27-29-31-33-35-42(45)49-39-41(40-51-53(47,48)50-38-37-44)52-43(46)36-34-32-30-28-26-23-16-14-12-10-8-6-4-2/h11,13-14,16-18,20-21,24-25,29,31,41H,3-10,12,15,19,22-23,26-28,30,32-40,44H2,1-2H3,(H,47,48)/t41-/m1/s1. The lowest BCUT2D eigenvalue weighted by molar-refractivity contribution is -0.161. The number of hydrogen-bond donors (Lipinski definition) is 2. The predicted octanol–water partition coefficient (Wildman–Crippen LogP) is 11.5. The maximum absolute atomic E-state index is 12.5. The van der Waals surface area contributed by atoms with E-state index in [1.807, 2.05) is 12.2 Å². The lowest BCUT2D eigenvalue weighted by Gasteiger charge is -2.19. The Morgan fingerprint density at radius 3 is 1.58 bits per heavy atom. The molecule has 0 heterocycles. The molecule has 0 fully saturated rings. The first-order valence-electron chi connectivity index (χ1n) is 20.4. The molecule has 1 unspecified atom stereocenters. The van der Waals surface area contributed by atoms with Crippen molar-refractivity contribution in [2.75, 3.05) is 26.4 Å². The van der Waals surface area contributed by atoms with Crippen LogP contribution in [0.1, 0.15) is 155 Å². The molecule has 0 amide bonds. The Hall–Kier alpha value is -2.55. The largest absolute Gasteiger partial charge is 0.472 e. The van der Waals surface area contributed by atoms with Gasteiger partial charge in [0, 0.05) is 19.4 Å². The van der Waals surface area contributed by atoms with Crippen LogP contribution >= 0.6 is 7.82 Å². The average molecular weight is 764 g/mol. The van der Waals surface area contributed by atoms with Crippen molar-refractivity contribution in [2.45, 2.75) is 161 Å². The molecule has 0 aliphatic carbocycles. The van der Waals surface area contributed by atoms with Crippen molar-refractivity contribution in [3.63, 3.8) is 0 Å². The number of unbranched alkanes of at least 4 members (excludes halogenated alkanes) is 12. The van der Waals surface area contributed by atoms with E-state index in [9.17, 15) is 19.0 Å². The first-order valence-corrected chi connectivity index (χ1v) is 21.9. The second-order valence-corrected chi connectivity index (χ2v) is 14.6. The minimum atomic E-state index is -4.39. The van der Waals surface area contributed by atoms with Crippen LogP contribution in [0.4, 0.5) is 0 Å². The van der Waals surface area contributed by atoms with Crippen LogP contribution in [0.25, 0.3) is 0 Å². The van der Waals surface area contributed by atoms with Gasteiger partial charge in [0.15, 0.2) is 6.10 Å². The molecule has 0 aliphatic heterocycles. The molecule has 9 nitrogen and oxygen atoms in total. The van der Waals surface area contributed by atoms with Crippen molar-refractivity contribution in [3.8, 4) is 0 Å². The van der Waals surface area contributed by atoms with E-state index in [1.54, 1.807) is 0 Å². The van der Waals surface area contributed by atoms with Gasteiger partial charge >= 0.3 is 19.8 Å². The van der Waals surface area contributed by atoms with Gasteiger partial charge in [-0.3, -0.25) is 18.6 Å². The zero-order valence-electron chi connectivity index (χ0n) is 33.2. The van der Waals surface area contributed by atoms with Crippen molar-refractivity contribution < 1.29 is 37.6 Å². The van der Waals surface area contributed by atoms with Gasteiger partial charge in [-0.1, -0.05) is 138 Å². The van der Waals surface area contributed by atoms with Crippen molar-refractivity contribution >= 4 is 19.8 Å². The molecule has 0 radical (unpaired) electrons. The average Bonchev–Trinajstić information content (AvgIpc) is 3.14. The fourth-order valence-corrected chi connectivity index (χ4v) is 5.79. The minimum absolute atomic E-state index is 0.0395. The number of ether oxygens (including phenoxy) is 2. The first-order chi connectivity index (χ1) is 25.8. The molecule has 0 aromatic rings. The molecule has 10 heteroatoms. The smallest absolute Gasteiger partial charge is 0.462 e. The number of rotatable bonds is 37. The van der Waals surface area contributed by atoms with Gasteiger partial charge in [0.1, 0.15) is 6.61 Å². The van der Waals surface area contributed by atoms with E-state index < -0.39 is 32.5 Å². The number of carbonyl (C=O) groups excluding carboxylic acids is 2. The SMILES string of the molecule is CCCCCC=CCC=CCC=CCC=CCC=CCCC(=O)OC[C@H](COP(=O)(O)OCCN)OC(=O)CCCCCCCC=CCCCCCC. The molecule has 0 saturated carbocycles. The van der Waals surface area contributed by atoms with Gasteiger partial charge in [-0.25, -0.2) is 4.57 Å². The summed E-state index contributed by atoms with van der Waals surface area (Å²) in [6, 6.07) is 0. The Kier molecular flexibility index (Phi) is 37.3. The summed E-state index contributed by atoms with van der Waals surface area (Å²) < 4.78 is 32.6. The predicted molar refractivity (Wildman–Crippen MR) is 219 cm³/mol. The Morgan fingerprint density at radius 2 is 1.02 bits per heavy atom. The van der Waals surface area contributed by atoms with Crippen LogP contribution in [0.2, 0.25) is 0 Å². The van der Waals surface area contributed by atoms with E-state index in [-0.39, 0.29) is 32.6 Å². The van der Waals surface area contributed by atoms with Crippen LogP contribution < -0.4 is 5.73 Å². The van der Waals surface area contributed by atoms with Crippen LogP contribution in [0.15, 0.2) is 72.9 Å². The lowest BCUT2D eigenvalue weighted by Crippen LogP contribution is -2.29. The Balaban J connectivity index is 4.34. The molecule has 0 aromatic heterocycles. The van der Waals surface area contributed by atoms with Crippen LogP contribution in [-0.2, 0) is 32.7 Å². The summed E-state index contributed by atoms with van der Waals surface area (Å²) in [7, 11) is -4.39. The van der Waals surface area contributed by atoms with Gasteiger partial charge in [0.05, 0.1) is 13.2 Å². The summed E-state index contributed by atoms with van der Waals surface area (Å²) >= 11 is 0. The van der Waals surface area contributed by atoms with Crippen molar-refractivity contribution in [1.29, 1.82) is 0 Å². The summed E-state index contributed by atoms with van der Waals surface area (Å²) in [5, 5.41) is 0. The number of esters is 2. The third-order valence-electron chi connectivity index (χ3n) is 8.08. The molecular formula is C43H74NO8P. The monoisotopic (exact) mass is 764 g/mol. The Morgan fingerprint density at radius 1 is 0.566 bits per heavy atom. The second-order valence-electron chi connectivity index (χ2n) is 13.1. The van der Waals surface area contributed by atoms with Gasteiger partial charge in [0.25, 0.3) is 0 Å².